The number of hydrogen-bond donors (Lipinski definition) is 0. The average Bonchev–Trinajstić information content (AvgIpc) is 3.86. The zero-order chi connectivity index (χ0) is 33.2. The maximum absolute atomic E-state index is 5.44. The van der Waals surface area contributed by atoms with Gasteiger partial charge in [-0.2, -0.15) is 0 Å². The molecule has 0 fully saturated rings. The molecule has 0 bridgehead atoms. The third-order valence-corrected chi connectivity index (χ3v) is 10.8. The van der Waals surface area contributed by atoms with Crippen LogP contribution in [0, 0.1) is 0 Å². The van der Waals surface area contributed by atoms with E-state index in [-0.39, 0.29) is 0 Å². The molecule has 0 aliphatic carbocycles. The van der Waals surface area contributed by atoms with Gasteiger partial charge in [-0.15, -0.1) is 0 Å². The lowest BCUT2D eigenvalue weighted by molar-refractivity contribution is 0.981. The van der Waals surface area contributed by atoms with Gasteiger partial charge in [0.1, 0.15) is 5.65 Å². The van der Waals surface area contributed by atoms with Crippen LogP contribution in [-0.4, -0.2) is 23.5 Å². The summed E-state index contributed by atoms with van der Waals surface area (Å²) in [5.74, 6) is 0.823. The van der Waals surface area contributed by atoms with Crippen molar-refractivity contribution in [3.05, 3.63) is 164 Å². The van der Waals surface area contributed by atoms with Crippen molar-refractivity contribution in [3.63, 3.8) is 0 Å². The molecule has 5 nitrogen and oxygen atoms in total. The largest absolute Gasteiger partial charge is 0.308 e. The predicted molar refractivity (Wildman–Crippen MR) is 212 cm³/mol. The Morgan fingerprint density at radius 2 is 0.902 bits per heavy atom. The second-order valence-electron chi connectivity index (χ2n) is 13.4. The van der Waals surface area contributed by atoms with Crippen molar-refractivity contribution in [1.82, 2.24) is 23.5 Å². The van der Waals surface area contributed by atoms with Crippen LogP contribution in [0.15, 0.2) is 164 Å². The lowest BCUT2D eigenvalue weighted by atomic mass is 10.0. The molecule has 236 valence electrons. The van der Waals surface area contributed by atoms with E-state index in [0.29, 0.717) is 0 Å². The molecule has 4 aromatic heterocycles. The van der Waals surface area contributed by atoms with Crippen LogP contribution in [0.2, 0.25) is 0 Å². The molecule has 4 heterocycles. The lowest BCUT2D eigenvalue weighted by Crippen LogP contribution is -2.07. The second kappa shape index (κ2) is 9.80. The monoisotopic (exact) mass is 649 g/mol. The Kier molecular flexibility index (Phi) is 5.17. The first-order chi connectivity index (χ1) is 25.3. The summed E-state index contributed by atoms with van der Waals surface area (Å²) >= 11 is 0. The van der Waals surface area contributed by atoms with E-state index >= 15 is 0 Å². The summed E-state index contributed by atoms with van der Waals surface area (Å²) in [7, 11) is 0. The Bertz CT molecular complexity index is 3430. The van der Waals surface area contributed by atoms with Crippen molar-refractivity contribution < 1.29 is 0 Å². The van der Waals surface area contributed by atoms with Crippen molar-refractivity contribution in [2.75, 3.05) is 0 Å². The van der Waals surface area contributed by atoms with E-state index in [2.05, 4.69) is 177 Å². The highest BCUT2D eigenvalue weighted by atomic mass is 15.2. The first kappa shape index (κ1) is 26.9. The number of imidazole rings is 1. The van der Waals surface area contributed by atoms with Crippen LogP contribution in [0.25, 0.3) is 104 Å². The minimum Gasteiger partial charge on any atom is -0.308 e. The van der Waals surface area contributed by atoms with E-state index in [0.717, 1.165) is 50.3 Å². The Hall–Kier alpha value is -6.98. The SMILES string of the molecule is c1ccc2c(c1)ccc1c3ccccc3n(-c3cc4c5ccccc5n(-c5nc6ccccc6c6nc7ccccc7n56)c4c4ccccc34)c21. The molecule has 0 aliphatic rings. The fourth-order valence-corrected chi connectivity index (χ4v) is 8.65. The summed E-state index contributed by atoms with van der Waals surface area (Å²) < 4.78 is 7.10. The molecule has 0 atom stereocenters. The minimum absolute atomic E-state index is 0.823. The van der Waals surface area contributed by atoms with E-state index in [1.54, 1.807) is 0 Å². The van der Waals surface area contributed by atoms with Gasteiger partial charge >= 0.3 is 0 Å². The van der Waals surface area contributed by atoms with Gasteiger partial charge in [0.25, 0.3) is 0 Å². The van der Waals surface area contributed by atoms with Crippen molar-refractivity contribution in [2.24, 2.45) is 0 Å². The first-order valence-electron chi connectivity index (χ1n) is 17.4. The molecule has 0 unspecified atom stereocenters. The molecule has 0 radical (unpaired) electrons. The van der Waals surface area contributed by atoms with Crippen molar-refractivity contribution >= 4 is 92.7 Å². The fraction of sp³-hybridized carbons (Fsp3) is 0. The molecule has 5 heteroatoms. The van der Waals surface area contributed by atoms with E-state index in [9.17, 15) is 0 Å². The molecular weight excluding hydrogens is 623 g/mol. The quantitative estimate of drug-likeness (QED) is 0.187. The van der Waals surface area contributed by atoms with Crippen LogP contribution in [0.5, 0.6) is 0 Å². The molecule has 0 N–H and O–H groups in total. The highest BCUT2D eigenvalue weighted by Gasteiger charge is 2.24. The van der Waals surface area contributed by atoms with Crippen LogP contribution in [0.4, 0.5) is 0 Å². The molecule has 8 aromatic carbocycles. The van der Waals surface area contributed by atoms with Gasteiger partial charge < -0.3 is 4.57 Å². The third kappa shape index (κ3) is 3.49. The molecule has 0 saturated carbocycles. The van der Waals surface area contributed by atoms with Crippen LogP contribution in [0.1, 0.15) is 0 Å². The van der Waals surface area contributed by atoms with Crippen molar-refractivity contribution in [3.8, 4) is 11.6 Å². The van der Waals surface area contributed by atoms with E-state index in [4.69, 9.17) is 9.97 Å². The number of nitrogens with zero attached hydrogens (tertiary/aromatic N) is 5. The lowest BCUT2D eigenvalue weighted by Gasteiger charge is -2.16. The summed E-state index contributed by atoms with van der Waals surface area (Å²) in [6.07, 6.45) is 0. The van der Waals surface area contributed by atoms with Crippen LogP contribution in [0.3, 0.4) is 0 Å². The summed E-state index contributed by atoms with van der Waals surface area (Å²) in [6.45, 7) is 0. The van der Waals surface area contributed by atoms with E-state index < -0.39 is 0 Å². The predicted octanol–water partition coefficient (Wildman–Crippen LogP) is 11.5. The normalized spacial score (nSPS) is 12.3. The van der Waals surface area contributed by atoms with Gasteiger partial charge in [-0.05, 0) is 47.9 Å². The van der Waals surface area contributed by atoms with Crippen molar-refractivity contribution in [1.29, 1.82) is 0 Å². The molecular formula is C46H27N5. The van der Waals surface area contributed by atoms with Gasteiger partial charge in [-0.1, -0.05) is 121 Å². The Morgan fingerprint density at radius 1 is 0.353 bits per heavy atom. The number of fused-ring (bicyclic) bond motifs is 15. The number of aromatic nitrogens is 5. The Morgan fingerprint density at radius 3 is 1.71 bits per heavy atom. The average molecular weight is 650 g/mol. The summed E-state index contributed by atoms with van der Waals surface area (Å²) in [4.78, 5) is 10.6. The van der Waals surface area contributed by atoms with Crippen LogP contribution >= 0.6 is 0 Å². The second-order valence-corrected chi connectivity index (χ2v) is 13.4. The van der Waals surface area contributed by atoms with Gasteiger partial charge in [0, 0.05) is 43.1 Å². The number of benzene rings is 8. The number of para-hydroxylation sites is 5. The molecule has 12 rings (SSSR count). The fourth-order valence-electron chi connectivity index (χ4n) is 8.65. The van der Waals surface area contributed by atoms with Gasteiger partial charge in [-0.3, -0.25) is 8.97 Å². The number of hydrogen-bond acceptors (Lipinski definition) is 2. The Balaban J connectivity index is 1.30. The molecule has 12 aromatic rings. The van der Waals surface area contributed by atoms with Gasteiger partial charge in [-0.25, -0.2) is 9.97 Å². The standard InChI is InChI=1S/C46H27N5/c1-2-14-29-28(13-1)25-26-34-30-15-6-10-22-39(30)49(43(29)34)42-27-36-32-17-7-11-23-40(32)50(44(36)33-18-4-3-16-31(33)42)46-48-37-20-8-5-19-35(37)45-47-38-21-9-12-24-41(38)51(45)46/h1-27H. The highest BCUT2D eigenvalue weighted by molar-refractivity contribution is 6.23. The van der Waals surface area contributed by atoms with Crippen LogP contribution < -0.4 is 0 Å². The van der Waals surface area contributed by atoms with Gasteiger partial charge in [0.2, 0.25) is 5.95 Å². The maximum Gasteiger partial charge on any atom is 0.221 e. The topological polar surface area (TPSA) is 40.0 Å². The summed E-state index contributed by atoms with van der Waals surface area (Å²) in [5, 5.41) is 10.7. The molecule has 0 aliphatic heterocycles. The first-order valence-corrected chi connectivity index (χ1v) is 17.4. The van der Waals surface area contributed by atoms with E-state index in [1.165, 1.54) is 54.1 Å². The zero-order valence-corrected chi connectivity index (χ0v) is 27.3. The van der Waals surface area contributed by atoms with Crippen LogP contribution in [-0.2, 0) is 0 Å². The third-order valence-electron chi connectivity index (χ3n) is 10.8. The molecule has 0 saturated heterocycles. The summed E-state index contributed by atoms with van der Waals surface area (Å²) in [6, 6.07) is 58.8. The smallest absolute Gasteiger partial charge is 0.221 e. The Labute approximate surface area is 290 Å². The van der Waals surface area contributed by atoms with Gasteiger partial charge in [0.15, 0.2) is 0 Å². The molecule has 51 heavy (non-hydrogen) atoms. The highest BCUT2D eigenvalue weighted by Crippen LogP contribution is 2.43. The zero-order valence-electron chi connectivity index (χ0n) is 27.3. The number of rotatable bonds is 2. The molecule has 0 amide bonds. The molecule has 0 spiro atoms. The minimum atomic E-state index is 0.823. The van der Waals surface area contributed by atoms with Gasteiger partial charge in [0.05, 0.1) is 44.3 Å². The van der Waals surface area contributed by atoms with E-state index in [1.807, 2.05) is 0 Å². The van der Waals surface area contributed by atoms with Crippen molar-refractivity contribution in [2.45, 2.75) is 0 Å². The summed E-state index contributed by atoms with van der Waals surface area (Å²) in [5.41, 5.74) is 9.61. The maximum atomic E-state index is 5.44.